The van der Waals surface area contributed by atoms with Crippen molar-refractivity contribution >= 4 is 16.9 Å². The van der Waals surface area contributed by atoms with E-state index in [1.807, 2.05) is 6.20 Å². The Balaban J connectivity index is 1.79. The van der Waals surface area contributed by atoms with Crippen molar-refractivity contribution in [3.8, 4) is 11.5 Å². The van der Waals surface area contributed by atoms with Crippen LogP contribution in [0.5, 0.6) is 0 Å². The zero-order valence-electron chi connectivity index (χ0n) is 14.0. The number of H-pyrrole nitrogens is 1. The number of hydrogen-bond acceptors (Lipinski definition) is 2. The number of para-hydroxylation sites is 1. The zero-order valence-corrected chi connectivity index (χ0v) is 14.0. The molecule has 0 spiro atoms. The summed E-state index contributed by atoms with van der Waals surface area (Å²) < 4.78 is 2.33. The number of carbonyl (C=O) groups is 1. The summed E-state index contributed by atoms with van der Waals surface area (Å²) in [6.07, 6.45) is 7.68. The highest BCUT2D eigenvalue weighted by Gasteiger charge is 2.16. The monoisotopic (exact) mass is 325 g/mol. The summed E-state index contributed by atoms with van der Waals surface area (Å²) in [6, 6.07) is 8.44. The van der Waals surface area contributed by atoms with Crippen LogP contribution in [0.4, 0.5) is 0 Å². The molecule has 1 aromatic carbocycles. The number of hydrogen-bond donors (Lipinski definition) is 2. The van der Waals surface area contributed by atoms with E-state index >= 15 is 0 Å². The maximum Gasteiger partial charge on any atom is 0.303 e. The fourth-order valence-corrected chi connectivity index (χ4v) is 3.31. The third-order valence-corrected chi connectivity index (χ3v) is 4.47. The van der Waals surface area contributed by atoms with E-state index in [1.54, 1.807) is 6.20 Å². The largest absolute Gasteiger partial charge is 0.481 e. The Hall–Kier alpha value is -2.56. The van der Waals surface area contributed by atoms with Gasteiger partial charge in [-0.05, 0) is 31.4 Å². The first-order valence-corrected chi connectivity index (χ1v) is 8.48. The second kappa shape index (κ2) is 7.34. The lowest BCUT2D eigenvalue weighted by atomic mass is 10.1. The summed E-state index contributed by atoms with van der Waals surface area (Å²) in [5, 5.41) is 9.96. The summed E-state index contributed by atoms with van der Waals surface area (Å²) in [4.78, 5) is 18.2. The Morgan fingerprint density at radius 1 is 1.21 bits per heavy atom. The Labute approximate surface area is 141 Å². The van der Waals surface area contributed by atoms with Gasteiger partial charge in [0.2, 0.25) is 0 Å². The predicted molar refractivity (Wildman–Crippen MR) is 95.0 cm³/mol. The van der Waals surface area contributed by atoms with Crippen LogP contribution in [0, 0.1) is 6.92 Å². The van der Waals surface area contributed by atoms with E-state index in [1.165, 1.54) is 16.5 Å². The van der Waals surface area contributed by atoms with E-state index in [2.05, 4.69) is 45.7 Å². The van der Waals surface area contributed by atoms with Gasteiger partial charge in [-0.15, -0.1) is 0 Å². The number of aromatic amines is 1. The van der Waals surface area contributed by atoms with E-state index in [0.717, 1.165) is 43.7 Å². The van der Waals surface area contributed by atoms with Gasteiger partial charge in [-0.3, -0.25) is 4.79 Å². The van der Waals surface area contributed by atoms with Gasteiger partial charge in [-0.1, -0.05) is 31.0 Å². The number of aromatic nitrogens is 3. The van der Waals surface area contributed by atoms with Gasteiger partial charge in [0.15, 0.2) is 5.82 Å². The number of unbranched alkanes of at least 4 members (excludes halogenated alkanes) is 3. The molecule has 0 bridgehead atoms. The Kier molecular flexibility index (Phi) is 4.99. The summed E-state index contributed by atoms with van der Waals surface area (Å²) in [5.74, 6) is 0.191. The normalized spacial score (nSPS) is 11.2. The molecule has 0 amide bonds. The highest BCUT2D eigenvalue weighted by Crippen LogP contribution is 2.31. The molecule has 0 aliphatic heterocycles. The third-order valence-electron chi connectivity index (χ3n) is 4.47. The molecular weight excluding hydrogens is 302 g/mol. The molecule has 0 aliphatic rings. The number of aliphatic carboxylic acids is 1. The van der Waals surface area contributed by atoms with Gasteiger partial charge < -0.3 is 14.7 Å². The maximum atomic E-state index is 10.6. The van der Waals surface area contributed by atoms with Crippen LogP contribution in [0.15, 0.2) is 36.7 Å². The van der Waals surface area contributed by atoms with Crippen molar-refractivity contribution in [3.05, 3.63) is 42.2 Å². The molecule has 24 heavy (non-hydrogen) atoms. The van der Waals surface area contributed by atoms with E-state index in [0.29, 0.717) is 0 Å². The van der Waals surface area contributed by atoms with Gasteiger partial charge in [0, 0.05) is 36.3 Å². The number of fused-ring (bicyclic) bond motifs is 1. The fourth-order valence-electron chi connectivity index (χ4n) is 3.31. The zero-order chi connectivity index (χ0) is 16.9. The Morgan fingerprint density at radius 3 is 2.75 bits per heavy atom. The van der Waals surface area contributed by atoms with Crippen molar-refractivity contribution in [2.45, 2.75) is 45.6 Å². The molecule has 0 radical (unpaired) electrons. The molecule has 0 saturated heterocycles. The summed E-state index contributed by atoms with van der Waals surface area (Å²) >= 11 is 0. The number of carboxylic acids is 1. The average Bonchev–Trinajstić information content (AvgIpc) is 3.18. The molecule has 2 heterocycles. The molecule has 3 aromatic rings. The molecule has 0 unspecified atom stereocenters. The lowest BCUT2D eigenvalue weighted by Gasteiger charge is -2.10. The van der Waals surface area contributed by atoms with Crippen molar-refractivity contribution in [2.24, 2.45) is 0 Å². The molecular formula is C19H23N3O2. The minimum Gasteiger partial charge on any atom is -0.481 e. The van der Waals surface area contributed by atoms with Crippen molar-refractivity contribution in [1.29, 1.82) is 0 Å². The number of benzene rings is 1. The van der Waals surface area contributed by atoms with Crippen LogP contribution >= 0.6 is 0 Å². The number of nitrogens with one attached hydrogen (secondary N) is 1. The number of aryl methyl sites for hydroxylation is 2. The second-order valence-electron chi connectivity index (χ2n) is 6.14. The standard InChI is InChI=1S/C19H23N3O2/c1-14-15-8-5-6-9-16(15)22(18(14)19-20-11-12-21-19)13-7-3-2-4-10-17(23)24/h5-6,8-9,11-12H,2-4,7,10,13H2,1H3,(H,20,21)(H,23,24). The second-order valence-corrected chi connectivity index (χ2v) is 6.14. The molecule has 126 valence electrons. The fraction of sp³-hybridized carbons (Fsp3) is 0.368. The first-order valence-electron chi connectivity index (χ1n) is 8.48. The quantitative estimate of drug-likeness (QED) is 0.604. The topological polar surface area (TPSA) is 70.9 Å². The lowest BCUT2D eigenvalue weighted by molar-refractivity contribution is -0.137. The average molecular weight is 325 g/mol. The number of nitrogens with zero attached hydrogens (tertiary/aromatic N) is 2. The molecule has 5 heteroatoms. The molecule has 2 aromatic heterocycles. The number of rotatable bonds is 8. The molecule has 3 rings (SSSR count). The Morgan fingerprint density at radius 2 is 2.00 bits per heavy atom. The molecule has 2 N–H and O–H groups in total. The van der Waals surface area contributed by atoms with E-state index < -0.39 is 5.97 Å². The first-order chi connectivity index (χ1) is 11.7. The van der Waals surface area contributed by atoms with Gasteiger partial charge >= 0.3 is 5.97 Å². The smallest absolute Gasteiger partial charge is 0.303 e. The first kappa shape index (κ1) is 16.3. The summed E-state index contributed by atoms with van der Waals surface area (Å²) in [6.45, 7) is 3.06. The van der Waals surface area contributed by atoms with Gasteiger partial charge in [0.05, 0.1) is 5.69 Å². The Bertz CT molecular complexity index is 819. The molecule has 0 aliphatic carbocycles. The van der Waals surface area contributed by atoms with Crippen molar-refractivity contribution < 1.29 is 9.90 Å². The van der Waals surface area contributed by atoms with E-state index in [4.69, 9.17) is 5.11 Å². The van der Waals surface area contributed by atoms with Crippen LogP contribution < -0.4 is 0 Å². The molecule has 5 nitrogen and oxygen atoms in total. The van der Waals surface area contributed by atoms with E-state index in [9.17, 15) is 4.79 Å². The minimum absolute atomic E-state index is 0.267. The highest BCUT2D eigenvalue weighted by molar-refractivity contribution is 5.90. The van der Waals surface area contributed by atoms with Gasteiger partial charge in [-0.25, -0.2) is 4.98 Å². The van der Waals surface area contributed by atoms with Gasteiger partial charge in [-0.2, -0.15) is 0 Å². The lowest BCUT2D eigenvalue weighted by Crippen LogP contribution is -2.02. The molecule has 0 fully saturated rings. The number of carboxylic acid groups (broad SMARTS) is 1. The minimum atomic E-state index is -0.706. The van der Waals surface area contributed by atoms with Crippen molar-refractivity contribution in [3.63, 3.8) is 0 Å². The molecule has 0 saturated carbocycles. The van der Waals surface area contributed by atoms with Gasteiger partial charge in [0.25, 0.3) is 0 Å². The number of imidazole rings is 1. The van der Waals surface area contributed by atoms with Crippen LogP contribution in [-0.2, 0) is 11.3 Å². The van der Waals surface area contributed by atoms with Crippen molar-refractivity contribution in [1.82, 2.24) is 14.5 Å². The van der Waals surface area contributed by atoms with Crippen LogP contribution in [0.25, 0.3) is 22.4 Å². The van der Waals surface area contributed by atoms with Crippen LogP contribution in [0.1, 0.15) is 37.7 Å². The maximum absolute atomic E-state index is 10.6. The summed E-state index contributed by atoms with van der Waals surface area (Å²) in [7, 11) is 0. The predicted octanol–water partition coefficient (Wildman–Crippen LogP) is 4.37. The molecule has 0 atom stereocenters. The van der Waals surface area contributed by atoms with Crippen LogP contribution in [0.3, 0.4) is 0 Å². The highest BCUT2D eigenvalue weighted by atomic mass is 16.4. The summed E-state index contributed by atoms with van der Waals surface area (Å²) in [5.41, 5.74) is 3.62. The van der Waals surface area contributed by atoms with Crippen molar-refractivity contribution in [2.75, 3.05) is 0 Å². The van der Waals surface area contributed by atoms with Gasteiger partial charge in [0.1, 0.15) is 0 Å². The van der Waals surface area contributed by atoms with Crippen LogP contribution in [-0.4, -0.2) is 25.6 Å². The SMILES string of the molecule is Cc1c(-c2ncc[nH]2)n(CCCCCCC(=O)O)c2ccccc12. The van der Waals surface area contributed by atoms with E-state index in [-0.39, 0.29) is 6.42 Å². The third kappa shape index (κ3) is 3.35. The van der Waals surface area contributed by atoms with Crippen LogP contribution in [0.2, 0.25) is 0 Å².